The predicted octanol–water partition coefficient (Wildman–Crippen LogP) is 6.70. The first-order valence-corrected chi connectivity index (χ1v) is 14.5. The first kappa shape index (κ1) is 20.0. The van der Waals surface area contributed by atoms with E-state index >= 15 is 0 Å². The highest BCUT2D eigenvalue weighted by Crippen LogP contribution is 2.38. The van der Waals surface area contributed by atoms with Crippen LogP contribution in [0.1, 0.15) is 16.7 Å². The predicted molar refractivity (Wildman–Crippen MR) is 135 cm³/mol. The Hall–Kier alpha value is -2.91. The number of hydrogen-bond donors (Lipinski definition) is 0. The van der Waals surface area contributed by atoms with Crippen LogP contribution >= 0.6 is 0 Å². The van der Waals surface area contributed by atoms with Gasteiger partial charge in [0.2, 0.25) is 11.2 Å². The molecule has 3 heteroatoms. The van der Waals surface area contributed by atoms with Crippen molar-refractivity contribution in [2.24, 2.45) is 7.05 Å². The zero-order valence-corrected chi connectivity index (χ0v) is 20.6. The molecule has 31 heavy (non-hydrogen) atoms. The number of benzene rings is 3. The summed E-state index contributed by atoms with van der Waals surface area (Å²) >= 11 is 0. The van der Waals surface area contributed by atoms with Crippen molar-refractivity contribution >= 4 is 46.1 Å². The summed E-state index contributed by atoms with van der Waals surface area (Å²) in [7, 11) is 0.621. The van der Waals surface area contributed by atoms with E-state index in [0.717, 1.165) is 11.2 Å². The molecule has 0 aliphatic heterocycles. The lowest BCUT2D eigenvalue weighted by atomic mass is 9.95. The van der Waals surface area contributed by atoms with E-state index in [1.54, 1.807) is 0 Å². The summed E-state index contributed by atoms with van der Waals surface area (Å²) in [6.07, 6.45) is 0. The maximum Gasteiger partial charge on any atom is 0.216 e. The molecule has 0 aliphatic rings. The molecule has 0 spiro atoms. The highest BCUT2D eigenvalue weighted by molar-refractivity contribution is 6.90. The Morgan fingerprint density at radius 1 is 0.774 bits per heavy atom. The van der Waals surface area contributed by atoms with Crippen molar-refractivity contribution in [2.45, 2.75) is 40.4 Å². The number of fused-ring (bicyclic) bond motifs is 4. The fourth-order valence-electron chi connectivity index (χ4n) is 5.01. The number of para-hydroxylation sites is 2. The lowest BCUT2D eigenvalue weighted by Crippen LogP contribution is -2.43. The second-order valence-corrected chi connectivity index (χ2v) is 14.9. The molecule has 2 nitrogen and oxygen atoms in total. The highest BCUT2D eigenvalue weighted by Gasteiger charge is 2.29. The number of furan rings is 1. The average Bonchev–Trinajstić information content (AvgIpc) is 3.07. The molecule has 2 aromatic heterocycles. The summed E-state index contributed by atoms with van der Waals surface area (Å²) in [4.78, 5) is 0. The number of pyridine rings is 1. The van der Waals surface area contributed by atoms with Gasteiger partial charge < -0.3 is 4.42 Å². The van der Waals surface area contributed by atoms with E-state index in [9.17, 15) is 0 Å². The summed E-state index contributed by atoms with van der Waals surface area (Å²) in [5.74, 6) is 0. The van der Waals surface area contributed by atoms with Crippen LogP contribution in [0, 0.1) is 20.8 Å². The van der Waals surface area contributed by atoms with E-state index in [2.05, 4.69) is 101 Å². The van der Waals surface area contributed by atoms with Gasteiger partial charge in [-0.2, -0.15) is 4.57 Å². The van der Waals surface area contributed by atoms with Gasteiger partial charge in [-0.25, -0.2) is 0 Å². The molecule has 0 atom stereocenters. The number of aryl methyl sites for hydroxylation is 3. The second kappa shape index (κ2) is 6.79. The standard InChI is InChI=1S/C28H30NOSi/c1-17-11-10-13-21-25(31(5,6)7)16-23(29(4)27(17)21)26-19(3)18(2)15-22-20-12-8-9-14-24(20)30-28(22)26/h8-16H,1-7H3/q+1. The van der Waals surface area contributed by atoms with Crippen LogP contribution in [-0.2, 0) is 7.05 Å². The van der Waals surface area contributed by atoms with Gasteiger partial charge >= 0.3 is 0 Å². The molecule has 0 aliphatic carbocycles. The minimum absolute atomic E-state index is 0.953. The third-order valence-electron chi connectivity index (χ3n) is 6.76. The van der Waals surface area contributed by atoms with Crippen LogP contribution in [0.2, 0.25) is 19.6 Å². The zero-order chi connectivity index (χ0) is 22.1. The van der Waals surface area contributed by atoms with Gasteiger partial charge in [0, 0.05) is 27.8 Å². The number of hydrogen-bond acceptors (Lipinski definition) is 1. The van der Waals surface area contributed by atoms with Crippen LogP contribution in [0.15, 0.2) is 59.0 Å². The second-order valence-electron chi connectivity index (χ2n) is 9.89. The molecule has 0 saturated heterocycles. The van der Waals surface area contributed by atoms with Gasteiger partial charge in [-0.1, -0.05) is 50.0 Å². The van der Waals surface area contributed by atoms with Crippen molar-refractivity contribution in [1.29, 1.82) is 0 Å². The monoisotopic (exact) mass is 424 g/mol. The third-order valence-corrected chi connectivity index (χ3v) is 8.79. The van der Waals surface area contributed by atoms with Crippen molar-refractivity contribution in [1.82, 2.24) is 0 Å². The first-order chi connectivity index (χ1) is 14.7. The maximum atomic E-state index is 6.49. The van der Waals surface area contributed by atoms with Gasteiger partial charge in [0.15, 0.2) is 0 Å². The minimum atomic E-state index is -1.58. The van der Waals surface area contributed by atoms with Crippen LogP contribution in [0.3, 0.4) is 0 Å². The molecule has 5 rings (SSSR count). The fraction of sp³-hybridized carbons (Fsp3) is 0.250. The van der Waals surface area contributed by atoms with Crippen molar-refractivity contribution in [3.8, 4) is 11.3 Å². The Bertz CT molecular complexity index is 1500. The SMILES string of the molecule is Cc1cc2c(oc3ccccc32)c(-c2cc([Si](C)(C)C)c3cccc(C)c3[n+]2C)c1C. The molecule has 0 bridgehead atoms. The Morgan fingerprint density at radius 3 is 2.23 bits per heavy atom. The molecule has 0 unspecified atom stereocenters. The largest absolute Gasteiger partial charge is 0.455 e. The Kier molecular flexibility index (Phi) is 4.39. The van der Waals surface area contributed by atoms with Crippen molar-refractivity contribution in [3.05, 3.63) is 71.3 Å². The average molecular weight is 425 g/mol. The summed E-state index contributed by atoms with van der Waals surface area (Å²) < 4.78 is 8.87. The lowest BCUT2D eigenvalue weighted by molar-refractivity contribution is -0.633. The third kappa shape index (κ3) is 2.94. The van der Waals surface area contributed by atoms with E-state index < -0.39 is 8.07 Å². The van der Waals surface area contributed by atoms with Crippen LogP contribution in [0.25, 0.3) is 44.1 Å². The maximum absolute atomic E-state index is 6.49. The molecule has 0 fully saturated rings. The molecular weight excluding hydrogens is 394 g/mol. The van der Waals surface area contributed by atoms with Gasteiger partial charge in [-0.15, -0.1) is 0 Å². The molecule has 0 saturated carbocycles. The fourth-order valence-corrected chi connectivity index (χ4v) is 6.59. The van der Waals surface area contributed by atoms with Crippen LogP contribution < -0.4 is 9.75 Å². The number of aromatic nitrogens is 1. The van der Waals surface area contributed by atoms with Gasteiger partial charge in [0.25, 0.3) is 0 Å². The molecule has 3 aromatic carbocycles. The molecule has 2 heterocycles. The topological polar surface area (TPSA) is 17.0 Å². The van der Waals surface area contributed by atoms with E-state index in [1.807, 2.05) is 6.07 Å². The van der Waals surface area contributed by atoms with Crippen molar-refractivity contribution in [2.75, 3.05) is 0 Å². The smallest absolute Gasteiger partial charge is 0.216 e. The molecular formula is C28H30NOSi+. The van der Waals surface area contributed by atoms with Crippen LogP contribution in [0.5, 0.6) is 0 Å². The number of nitrogens with zero attached hydrogens (tertiary/aromatic N) is 1. The van der Waals surface area contributed by atoms with E-state index in [0.29, 0.717) is 0 Å². The van der Waals surface area contributed by atoms with Gasteiger partial charge in [-0.3, -0.25) is 0 Å². The molecule has 5 aromatic rings. The summed E-state index contributed by atoms with van der Waals surface area (Å²) in [6.45, 7) is 14.0. The highest BCUT2D eigenvalue weighted by atomic mass is 28.3. The molecule has 0 radical (unpaired) electrons. The quantitative estimate of drug-likeness (QED) is 0.228. The van der Waals surface area contributed by atoms with Gasteiger partial charge in [0.1, 0.15) is 18.2 Å². The zero-order valence-electron chi connectivity index (χ0n) is 19.6. The minimum Gasteiger partial charge on any atom is -0.455 e. The summed E-state index contributed by atoms with van der Waals surface area (Å²) in [5, 5.41) is 5.28. The van der Waals surface area contributed by atoms with Crippen molar-refractivity contribution in [3.63, 3.8) is 0 Å². The van der Waals surface area contributed by atoms with E-state index in [4.69, 9.17) is 4.42 Å². The van der Waals surface area contributed by atoms with Crippen LogP contribution in [0.4, 0.5) is 0 Å². The Morgan fingerprint density at radius 2 is 1.48 bits per heavy atom. The number of rotatable bonds is 2. The van der Waals surface area contributed by atoms with E-state index in [1.165, 1.54) is 54.8 Å². The molecule has 156 valence electrons. The van der Waals surface area contributed by atoms with E-state index in [-0.39, 0.29) is 0 Å². The van der Waals surface area contributed by atoms with Gasteiger partial charge in [0.05, 0.1) is 13.6 Å². The lowest BCUT2D eigenvalue weighted by Gasteiger charge is -2.21. The van der Waals surface area contributed by atoms with Crippen LogP contribution in [-0.4, -0.2) is 8.07 Å². The summed E-state index contributed by atoms with van der Waals surface area (Å²) in [5.41, 5.74) is 9.63. The first-order valence-electron chi connectivity index (χ1n) is 11.0. The van der Waals surface area contributed by atoms with Crippen molar-refractivity contribution < 1.29 is 8.98 Å². The van der Waals surface area contributed by atoms with Gasteiger partial charge in [-0.05, 0) is 55.3 Å². The molecule has 0 N–H and O–H groups in total. The normalized spacial score (nSPS) is 12.4. The Labute approximate surface area is 185 Å². The summed E-state index contributed by atoms with van der Waals surface area (Å²) in [6, 6.07) is 19.8. The Balaban J connectivity index is 2.00. The molecule has 0 amide bonds.